The van der Waals surface area contributed by atoms with Gasteiger partial charge in [-0.05, 0) is 30.9 Å². The predicted molar refractivity (Wildman–Crippen MR) is 79.4 cm³/mol. The zero-order valence-corrected chi connectivity index (χ0v) is 12.8. The molecule has 22 heavy (non-hydrogen) atoms. The van der Waals surface area contributed by atoms with E-state index < -0.39 is 18.0 Å². The molecule has 1 saturated heterocycles. The van der Waals surface area contributed by atoms with Gasteiger partial charge in [0.05, 0.1) is 12.1 Å². The second-order valence-electron chi connectivity index (χ2n) is 5.40. The van der Waals surface area contributed by atoms with Gasteiger partial charge in [-0.3, -0.25) is 0 Å². The van der Waals surface area contributed by atoms with E-state index in [9.17, 15) is 14.3 Å². The molecule has 1 atom stereocenters. The monoisotopic (exact) mass is 331 g/mol. The third kappa shape index (κ3) is 4.79. The Morgan fingerprint density at radius 2 is 2.23 bits per heavy atom. The summed E-state index contributed by atoms with van der Waals surface area (Å²) in [6.07, 6.45) is 1.88. The van der Waals surface area contributed by atoms with Crippen LogP contribution in [0, 0.1) is 5.82 Å². The van der Waals surface area contributed by atoms with Crippen LogP contribution in [0.3, 0.4) is 0 Å². The first-order chi connectivity index (χ1) is 10.5. The third-order valence-corrected chi connectivity index (χ3v) is 4.09. The maximum Gasteiger partial charge on any atom is 0.405 e. The summed E-state index contributed by atoms with van der Waals surface area (Å²) in [7, 11) is 0. The van der Waals surface area contributed by atoms with E-state index in [1.807, 2.05) is 0 Å². The minimum Gasteiger partial charge on any atom is -0.465 e. The van der Waals surface area contributed by atoms with Crippen molar-refractivity contribution in [2.45, 2.75) is 31.4 Å². The number of rotatable bonds is 5. The molecule has 1 fully saturated rings. The molecule has 0 aliphatic carbocycles. The second kappa shape index (κ2) is 7.71. The molecule has 0 saturated carbocycles. The molecule has 8 heteroatoms. The molecule has 1 aliphatic heterocycles. The Morgan fingerprint density at radius 3 is 2.82 bits per heavy atom. The molecular formula is C14H19ClFN3O3. The quantitative estimate of drug-likeness (QED) is 0.719. The lowest BCUT2D eigenvalue weighted by molar-refractivity contribution is 0.0806. The number of likely N-dealkylation sites (tertiary alicyclic amines) is 1. The van der Waals surface area contributed by atoms with E-state index in [1.54, 1.807) is 0 Å². The van der Waals surface area contributed by atoms with Gasteiger partial charge in [0.25, 0.3) is 0 Å². The summed E-state index contributed by atoms with van der Waals surface area (Å²) < 4.78 is 13.5. The van der Waals surface area contributed by atoms with Gasteiger partial charge in [-0.2, -0.15) is 0 Å². The standard InChI is InChI=1S/C14H19ClFN3O3/c15-13-11(16)7-9(8-17-13)12(18-14(21)22)3-6-19-4-1-10(20)2-5-19/h7-8,10,12,18,20H,1-6H2,(H,21,22). The number of piperidine rings is 1. The van der Waals surface area contributed by atoms with Gasteiger partial charge in [0, 0.05) is 25.8 Å². The maximum absolute atomic E-state index is 13.5. The van der Waals surface area contributed by atoms with Crippen molar-refractivity contribution in [1.29, 1.82) is 0 Å². The molecule has 1 aliphatic rings. The fourth-order valence-corrected chi connectivity index (χ4v) is 2.66. The van der Waals surface area contributed by atoms with E-state index in [-0.39, 0.29) is 11.3 Å². The van der Waals surface area contributed by atoms with Gasteiger partial charge in [0.15, 0.2) is 11.0 Å². The number of aromatic nitrogens is 1. The number of nitrogens with zero attached hydrogens (tertiary/aromatic N) is 2. The maximum atomic E-state index is 13.5. The van der Waals surface area contributed by atoms with E-state index >= 15 is 0 Å². The molecule has 6 nitrogen and oxygen atoms in total. The lowest BCUT2D eigenvalue weighted by atomic mass is 10.0. The van der Waals surface area contributed by atoms with Crippen LogP contribution in [0.4, 0.5) is 9.18 Å². The Hall–Kier alpha value is -1.44. The second-order valence-corrected chi connectivity index (χ2v) is 5.76. The summed E-state index contributed by atoms with van der Waals surface area (Å²) in [5.74, 6) is -0.669. The van der Waals surface area contributed by atoms with Gasteiger partial charge in [-0.1, -0.05) is 11.6 Å². The van der Waals surface area contributed by atoms with Crippen molar-refractivity contribution in [1.82, 2.24) is 15.2 Å². The highest BCUT2D eigenvalue weighted by Gasteiger charge is 2.21. The molecular weight excluding hydrogens is 313 g/mol. The molecule has 2 heterocycles. The topological polar surface area (TPSA) is 85.7 Å². The number of aliphatic hydroxyl groups is 1. The fraction of sp³-hybridized carbons (Fsp3) is 0.571. The highest BCUT2D eigenvalue weighted by atomic mass is 35.5. The van der Waals surface area contributed by atoms with Crippen molar-refractivity contribution >= 4 is 17.7 Å². The summed E-state index contributed by atoms with van der Waals surface area (Å²) in [6, 6.07) is 0.652. The van der Waals surface area contributed by atoms with Gasteiger partial charge in [-0.25, -0.2) is 14.2 Å². The molecule has 1 aromatic rings. The van der Waals surface area contributed by atoms with E-state index in [0.29, 0.717) is 31.4 Å². The van der Waals surface area contributed by atoms with Crippen LogP contribution in [-0.2, 0) is 0 Å². The number of hydrogen-bond donors (Lipinski definition) is 3. The average molecular weight is 332 g/mol. The first-order valence-electron chi connectivity index (χ1n) is 7.16. The van der Waals surface area contributed by atoms with Gasteiger partial charge in [-0.15, -0.1) is 0 Å². The first-order valence-corrected chi connectivity index (χ1v) is 7.54. The van der Waals surface area contributed by atoms with Crippen LogP contribution in [0.2, 0.25) is 5.15 Å². The molecule has 2 rings (SSSR count). The summed E-state index contributed by atoms with van der Waals surface area (Å²) >= 11 is 5.55. The molecule has 3 N–H and O–H groups in total. The van der Waals surface area contributed by atoms with Crippen molar-refractivity contribution in [2.75, 3.05) is 19.6 Å². The molecule has 1 aromatic heterocycles. The normalized spacial score (nSPS) is 18.1. The number of carboxylic acid groups (broad SMARTS) is 1. The van der Waals surface area contributed by atoms with Crippen LogP contribution in [0.1, 0.15) is 30.9 Å². The number of aliphatic hydroxyl groups excluding tert-OH is 1. The number of halogens is 2. The Balaban J connectivity index is 1.99. The van der Waals surface area contributed by atoms with Gasteiger partial charge < -0.3 is 20.4 Å². The lowest BCUT2D eigenvalue weighted by Crippen LogP contribution is -2.38. The van der Waals surface area contributed by atoms with Crippen molar-refractivity contribution in [2.24, 2.45) is 0 Å². The van der Waals surface area contributed by atoms with E-state index in [0.717, 1.165) is 13.1 Å². The summed E-state index contributed by atoms with van der Waals surface area (Å²) in [4.78, 5) is 16.8. The van der Waals surface area contributed by atoms with Gasteiger partial charge in [0.1, 0.15) is 0 Å². The van der Waals surface area contributed by atoms with E-state index in [4.69, 9.17) is 16.7 Å². The van der Waals surface area contributed by atoms with Crippen LogP contribution in [0.25, 0.3) is 0 Å². The van der Waals surface area contributed by atoms with Crippen LogP contribution in [0.5, 0.6) is 0 Å². The molecule has 0 radical (unpaired) electrons. The van der Waals surface area contributed by atoms with E-state index in [1.165, 1.54) is 12.3 Å². The van der Waals surface area contributed by atoms with Gasteiger partial charge in [0.2, 0.25) is 0 Å². The highest BCUT2D eigenvalue weighted by Crippen LogP contribution is 2.21. The molecule has 0 spiro atoms. The van der Waals surface area contributed by atoms with Crippen LogP contribution >= 0.6 is 11.6 Å². The van der Waals surface area contributed by atoms with Crippen molar-refractivity contribution in [3.63, 3.8) is 0 Å². The van der Waals surface area contributed by atoms with E-state index in [2.05, 4.69) is 15.2 Å². The Labute approximate surface area is 132 Å². The molecule has 0 aromatic carbocycles. The van der Waals surface area contributed by atoms with Crippen molar-refractivity contribution in [3.8, 4) is 0 Å². The lowest BCUT2D eigenvalue weighted by Gasteiger charge is -2.30. The third-order valence-electron chi connectivity index (χ3n) is 3.81. The highest BCUT2D eigenvalue weighted by molar-refractivity contribution is 6.29. The number of amides is 1. The largest absolute Gasteiger partial charge is 0.465 e. The summed E-state index contributed by atoms with van der Waals surface area (Å²) in [6.45, 7) is 2.20. The number of pyridine rings is 1. The summed E-state index contributed by atoms with van der Waals surface area (Å²) in [5, 5.41) is 20.6. The van der Waals surface area contributed by atoms with Crippen molar-refractivity contribution in [3.05, 3.63) is 28.8 Å². The number of hydrogen-bond acceptors (Lipinski definition) is 4. The predicted octanol–water partition coefficient (Wildman–Crippen LogP) is 2.03. The molecule has 122 valence electrons. The SMILES string of the molecule is O=C(O)NC(CCN1CCC(O)CC1)c1cnc(Cl)c(F)c1. The Bertz CT molecular complexity index is 524. The smallest absolute Gasteiger partial charge is 0.405 e. The first kappa shape index (κ1) is 16.9. The molecule has 1 amide bonds. The minimum atomic E-state index is -1.17. The van der Waals surface area contributed by atoms with Gasteiger partial charge >= 0.3 is 6.09 Å². The molecule has 1 unspecified atom stereocenters. The Morgan fingerprint density at radius 1 is 1.55 bits per heavy atom. The number of nitrogens with one attached hydrogen (secondary N) is 1. The molecule has 0 bridgehead atoms. The average Bonchev–Trinajstić information content (AvgIpc) is 2.48. The fourth-order valence-electron chi connectivity index (χ4n) is 2.55. The Kier molecular flexibility index (Phi) is 5.93. The van der Waals surface area contributed by atoms with Crippen LogP contribution in [0.15, 0.2) is 12.3 Å². The summed E-state index contributed by atoms with van der Waals surface area (Å²) in [5.41, 5.74) is 0.446. The zero-order valence-electron chi connectivity index (χ0n) is 12.0. The van der Waals surface area contributed by atoms with Crippen LogP contribution in [-0.4, -0.2) is 51.9 Å². The van der Waals surface area contributed by atoms with Crippen molar-refractivity contribution < 1.29 is 19.4 Å². The van der Waals surface area contributed by atoms with Crippen LogP contribution < -0.4 is 5.32 Å². The number of carbonyl (C=O) groups is 1. The zero-order chi connectivity index (χ0) is 16.1. The minimum absolute atomic E-state index is 0.233.